The number of anilines is 2. The Bertz CT molecular complexity index is 1230. The van der Waals surface area contributed by atoms with E-state index in [0.29, 0.717) is 23.5 Å². The van der Waals surface area contributed by atoms with E-state index in [4.69, 9.17) is 9.47 Å². The van der Waals surface area contributed by atoms with Crippen LogP contribution >= 0.6 is 0 Å². The molecule has 0 saturated carbocycles. The second-order valence-electron chi connectivity index (χ2n) is 8.21. The first-order valence-corrected chi connectivity index (χ1v) is 11.2. The molecular formula is C27H27N3O5. The average Bonchev–Trinajstić information content (AvgIpc) is 3.29. The number of carbonyl (C=O) groups is 3. The maximum atomic E-state index is 12.9. The minimum Gasteiger partial charge on any atom is -0.497 e. The zero-order valence-electron chi connectivity index (χ0n) is 19.6. The summed E-state index contributed by atoms with van der Waals surface area (Å²) in [6.07, 6.45) is 0.124. The van der Waals surface area contributed by atoms with Gasteiger partial charge in [0, 0.05) is 36.4 Å². The minimum atomic E-state index is -0.491. The monoisotopic (exact) mass is 473 g/mol. The first-order valence-electron chi connectivity index (χ1n) is 11.2. The molecular weight excluding hydrogens is 446 g/mol. The van der Waals surface area contributed by atoms with Gasteiger partial charge >= 0.3 is 0 Å². The average molecular weight is 474 g/mol. The quantitative estimate of drug-likeness (QED) is 0.521. The van der Waals surface area contributed by atoms with Gasteiger partial charge in [0.15, 0.2) is 0 Å². The second-order valence-corrected chi connectivity index (χ2v) is 8.21. The Morgan fingerprint density at radius 3 is 2.43 bits per heavy atom. The fraction of sp³-hybridized carbons (Fsp3) is 0.222. The fourth-order valence-corrected chi connectivity index (χ4v) is 3.94. The number of benzene rings is 3. The van der Waals surface area contributed by atoms with Gasteiger partial charge in [-0.25, -0.2) is 0 Å². The zero-order valence-corrected chi connectivity index (χ0v) is 19.6. The van der Waals surface area contributed by atoms with Gasteiger partial charge in [0.2, 0.25) is 11.8 Å². The number of carbonyl (C=O) groups excluding carboxylic acids is 3. The summed E-state index contributed by atoms with van der Waals surface area (Å²) < 4.78 is 10.4. The van der Waals surface area contributed by atoms with Crippen molar-refractivity contribution in [3.8, 4) is 11.5 Å². The number of hydrogen-bond donors (Lipinski definition) is 2. The molecule has 1 fully saturated rings. The summed E-state index contributed by atoms with van der Waals surface area (Å²) in [4.78, 5) is 39.6. The summed E-state index contributed by atoms with van der Waals surface area (Å²) in [5, 5.41) is 5.72. The van der Waals surface area contributed by atoms with Crippen molar-refractivity contribution in [3.05, 3.63) is 83.9 Å². The van der Waals surface area contributed by atoms with Crippen molar-refractivity contribution >= 4 is 29.1 Å². The Labute approximate surface area is 203 Å². The van der Waals surface area contributed by atoms with Crippen LogP contribution in [0.15, 0.2) is 72.8 Å². The third-order valence-corrected chi connectivity index (χ3v) is 5.86. The van der Waals surface area contributed by atoms with Gasteiger partial charge < -0.3 is 25.0 Å². The molecule has 3 aromatic carbocycles. The Kier molecular flexibility index (Phi) is 7.30. The maximum Gasteiger partial charge on any atom is 0.251 e. The van der Waals surface area contributed by atoms with Crippen LogP contribution in [0.3, 0.4) is 0 Å². The van der Waals surface area contributed by atoms with Crippen molar-refractivity contribution in [1.82, 2.24) is 5.32 Å². The number of hydrogen-bond acceptors (Lipinski definition) is 5. The highest BCUT2D eigenvalue weighted by atomic mass is 16.5. The summed E-state index contributed by atoms with van der Waals surface area (Å²) in [5.74, 6) is 0.296. The molecule has 1 unspecified atom stereocenters. The Hall–Kier alpha value is -4.33. The number of nitrogens with zero attached hydrogens (tertiary/aromatic N) is 1. The SMILES string of the molecule is COc1ccc(N2CC(C(=O)Nc3cccc(C(=O)NCc4cccc(OC)c4)c3)CC2=O)cc1. The maximum absolute atomic E-state index is 12.9. The largest absolute Gasteiger partial charge is 0.497 e. The molecule has 0 spiro atoms. The standard InChI is InChI=1S/C27H27N3O5/c1-34-23-11-9-22(10-12-23)30-17-20(15-25(30)31)27(33)29-21-7-4-6-19(14-21)26(32)28-16-18-5-3-8-24(13-18)35-2/h3-14,20H,15-17H2,1-2H3,(H,28,32)(H,29,33). The van der Waals surface area contributed by atoms with Crippen molar-refractivity contribution in [2.75, 3.05) is 31.0 Å². The molecule has 8 nitrogen and oxygen atoms in total. The van der Waals surface area contributed by atoms with Crippen molar-refractivity contribution in [3.63, 3.8) is 0 Å². The molecule has 35 heavy (non-hydrogen) atoms. The van der Waals surface area contributed by atoms with Crippen LogP contribution in [0.25, 0.3) is 0 Å². The first-order chi connectivity index (χ1) is 17.0. The normalized spacial score (nSPS) is 15.0. The van der Waals surface area contributed by atoms with Crippen LogP contribution in [0, 0.1) is 5.92 Å². The van der Waals surface area contributed by atoms with Crippen LogP contribution in [-0.4, -0.2) is 38.5 Å². The molecule has 1 aliphatic heterocycles. The summed E-state index contributed by atoms with van der Waals surface area (Å²) >= 11 is 0. The van der Waals surface area contributed by atoms with Crippen LogP contribution in [0.5, 0.6) is 11.5 Å². The number of amides is 3. The molecule has 0 radical (unpaired) electrons. The number of rotatable bonds is 8. The molecule has 3 amide bonds. The van der Waals surface area contributed by atoms with E-state index in [1.807, 2.05) is 24.3 Å². The number of nitrogens with one attached hydrogen (secondary N) is 2. The van der Waals surface area contributed by atoms with Crippen LogP contribution in [0.1, 0.15) is 22.3 Å². The summed E-state index contributed by atoms with van der Waals surface area (Å²) in [7, 11) is 3.17. The third-order valence-electron chi connectivity index (χ3n) is 5.86. The topological polar surface area (TPSA) is 97.0 Å². The molecule has 4 rings (SSSR count). The van der Waals surface area contributed by atoms with Crippen LogP contribution < -0.4 is 25.0 Å². The molecule has 180 valence electrons. The predicted octanol–water partition coefficient (Wildman–Crippen LogP) is 3.63. The van der Waals surface area contributed by atoms with E-state index < -0.39 is 5.92 Å². The molecule has 1 aliphatic rings. The lowest BCUT2D eigenvalue weighted by Gasteiger charge is -2.17. The highest BCUT2D eigenvalue weighted by molar-refractivity contribution is 6.04. The van der Waals surface area contributed by atoms with Gasteiger partial charge in [-0.15, -0.1) is 0 Å². The van der Waals surface area contributed by atoms with E-state index in [9.17, 15) is 14.4 Å². The molecule has 2 N–H and O–H groups in total. The van der Waals surface area contributed by atoms with Gasteiger partial charge in [0.1, 0.15) is 11.5 Å². The second kappa shape index (κ2) is 10.7. The first kappa shape index (κ1) is 23.8. The van der Waals surface area contributed by atoms with Crippen molar-refractivity contribution < 1.29 is 23.9 Å². The van der Waals surface area contributed by atoms with Gasteiger partial charge in [0.05, 0.1) is 20.1 Å². The highest BCUT2D eigenvalue weighted by Gasteiger charge is 2.35. The summed E-state index contributed by atoms with van der Waals surface area (Å²) in [6, 6.07) is 21.3. The van der Waals surface area contributed by atoms with Crippen LogP contribution in [-0.2, 0) is 16.1 Å². The van der Waals surface area contributed by atoms with E-state index in [0.717, 1.165) is 17.0 Å². The van der Waals surface area contributed by atoms with E-state index in [-0.39, 0.29) is 30.7 Å². The van der Waals surface area contributed by atoms with E-state index >= 15 is 0 Å². The lowest BCUT2D eigenvalue weighted by molar-refractivity contribution is -0.122. The highest BCUT2D eigenvalue weighted by Crippen LogP contribution is 2.27. The Morgan fingerprint density at radius 2 is 1.69 bits per heavy atom. The lowest BCUT2D eigenvalue weighted by atomic mass is 10.1. The summed E-state index contributed by atoms with van der Waals surface area (Å²) in [5.41, 5.74) is 2.56. The number of methoxy groups -OCH3 is 2. The lowest BCUT2D eigenvalue weighted by Crippen LogP contribution is -2.28. The molecule has 0 aromatic heterocycles. The fourth-order valence-electron chi connectivity index (χ4n) is 3.94. The molecule has 1 saturated heterocycles. The molecule has 0 aliphatic carbocycles. The van der Waals surface area contributed by atoms with Crippen LogP contribution in [0.4, 0.5) is 11.4 Å². The molecule has 0 bridgehead atoms. The number of ether oxygens (including phenoxy) is 2. The van der Waals surface area contributed by atoms with Gasteiger partial charge in [-0.1, -0.05) is 18.2 Å². The van der Waals surface area contributed by atoms with E-state index in [1.165, 1.54) is 0 Å². The van der Waals surface area contributed by atoms with Gasteiger partial charge in [-0.3, -0.25) is 14.4 Å². The molecule has 3 aromatic rings. The predicted molar refractivity (Wildman–Crippen MR) is 133 cm³/mol. The van der Waals surface area contributed by atoms with Crippen molar-refractivity contribution in [1.29, 1.82) is 0 Å². The zero-order chi connectivity index (χ0) is 24.8. The Balaban J connectivity index is 1.35. The van der Waals surface area contributed by atoms with Gasteiger partial charge in [-0.2, -0.15) is 0 Å². The van der Waals surface area contributed by atoms with Gasteiger partial charge in [-0.05, 0) is 60.2 Å². The summed E-state index contributed by atoms with van der Waals surface area (Å²) in [6.45, 7) is 0.635. The van der Waals surface area contributed by atoms with E-state index in [1.54, 1.807) is 67.7 Å². The smallest absolute Gasteiger partial charge is 0.251 e. The Morgan fingerprint density at radius 1 is 0.943 bits per heavy atom. The van der Waals surface area contributed by atoms with Crippen molar-refractivity contribution in [2.45, 2.75) is 13.0 Å². The minimum absolute atomic E-state index is 0.110. The molecule has 1 atom stereocenters. The van der Waals surface area contributed by atoms with Crippen LogP contribution in [0.2, 0.25) is 0 Å². The molecule has 1 heterocycles. The van der Waals surface area contributed by atoms with E-state index in [2.05, 4.69) is 10.6 Å². The van der Waals surface area contributed by atoms with Crippen molar-refractivity contribution in [2.24, 2.45) is 5.92 Å². The third kappa shape index (κ3) is 5.78. The molecule has 8 heteroatoms. The van der Waals surface area contributed by atoms with Gasteiger partial charge in [0.25, 0.3) is 5.91 Å².